The molecule has 19 heteroatoms. The van der Waals surface area contributed by atoms with Crippen LogP contribution in [0.25, 0.3) is 0 Å². The third-order valence-electron chi connectivity index (χ3n) is 18.5. The monoisotopic (exact) mass is 1440 g/mol. The Balaban J connectivity index is 5.22. The van der Waals surface area contributed by atoms with Gasteiger partial charge in [-0.15, -0.1) is 0 Å². The Bertz CT molecular complexity index is 1870. The van der Waals surface area contributed by atoms with E-state index in [1.54, 1.807) is 0 Å². The Morgan fingerprint density at radius 3 is 0.694 bits per heavy atom. The average molecular weight is 1440 g/mol. The highest BCUT2D eigenvalue weighted by molar-refractivity contribution is 7.47. The van der Waals surface area contributed by atoms with Gasteiger partial charge in [-0.25, -0.2) is 9.13 Å². The number of aliphatic hydroxyl groups excluding tert-OH is 1. The van der Waals surface area contributed by atoms with E-state index in [-0.39, 0.29) is 25.7 Å². The molecule has 3 N–H and O–H groups in total. The van der Waals surface area contributed by atoms with Crippen LogP contribution in [-0.4, -0.2) is 96.7 Å². The first-order chi connectivity index (χ1) is 47.5. The Morgan fingerprint density at radius 2 is 0.469 bits per heavy atom. The predicted molar refractivity (Wildman–Crippen MR) is 400 cm³/mol. The number of ether oxygens (including phenoxy) is 4. The fraction of sp³-hybridized carbons (Fsp3) is 0.949. The molecule has 0 heterocycles. The van der Waals surface area contributed by atoms with Crippen molar-refractivity contribution in [2.24, 2.45) is 5.92 Å². The Kier molecular flexibility index (Phi) is 70.6. The summed E-state index contributed by atoms with van der Waals surface area (Å²) in [7, 11) is -9.91. The van der Waals surface area contributed by atoms with Gasteiger partial charge in [0.2, 0.25) is 0 Å². The molecule has 582 valence electrons. The van der Waals surface area contributed by atoms with Gasteiger partial charge in [-0.3, -0.25) is 37.3 Å². The number of phosphoric ester groups is 2. The summed E-state index contributed by atoms with van der Waals surface area (Å²) in [6.07, 6.45) is 62.5. The van der Waals surface area contributed by atoms with Crippen LogP contribution in [-0.2, 0) is 65.4 Å². The van der Waals surface area contributed by atoms with Crippen LogP contribution in [0.1, 0.15) is 420 Å². The van der Waals surface area contributed by atoms with E-state index in [4.69, 9.17) is 37.0 Å². The number of carbonyl (C=O) groups is 4. The Labute approximate surface area is 600 Å². The molecule has 0 aliphatic carbocycles. The summed E-state index contributed by atoms with van der Waals surface area (Å²) in [5, 5.41) is 10.6. The van der Waals surface area contributed by atoms with Crippen LogP contribution in [0.5, 0.6) is 0 Å². The third kappa shape index (κ3) is 72.4. The van der Waals surface area contributed by atoms with Crippen molar-refractivity contribution in [2.75, 3.05) is 39.6 Å². The summed E-state index contributed by atoms with van der Waals surface area (Å²) < 4.78 is 68.6. The van der Waals surface area contributed by atoms with E-state index in [0.717, 1.165) is 96.3 Å². The standard InChI is InChI=1S/C79H154O17P2/c1-6-9-12-15-18-21-24-27-30-32-33-36-39-42-45-48-55-60-64-78(83)95-74(68-89-76(81)62-57-52-46-43-40-37-35-31-28-25-22-19-16-13-10-7-2)70-93-97(85,86)91-66-73(80)67-92-98(87,88)94-71-75(69-90-77(82)63-58-53-50-49-51-56-61-72(4)5)96-79(84)65-59-54-47-44-41-38-34-29-26-23-20-17-14-11-8-3/h72-75,80H,6-71H2,1-5H3,(H,85,86)(H,87,88)/t73-,74-,75-/m1/s1. The van der Waals surface area contributed by atoms with Crippen LogP contribution in [0.4, 0.5) is 0 Å². The predicted octanol–water partition coefficient (Wildman–Crippen LogP) is 23.6. The van der Waals surface area contributed by atoms with Gasteiger partial charge in [0.05, 0.1) is 26.4 Å². The van der Waals surface area contributed by atoms with Crippen molar-refractivity contribution in [2.45, 2.75) is 438 Å². The zero-order valence-corrected chi connectivity index (χ0v) is 65.7. The van der Waals surface area contributed by atoms with Crippen LogP contribution < -0.4 is 0 Å². The van der Waals surface area contributed by atoms with E-state index in [9.17, 15) is 43.2 Å². The number of carbonyl (C=O) groups excluding carboxylic acids is 4. The second-order valence-corrected chi connectivity index (χ2v) is 31.8. The second-order valence-electron chi connectivity index (χ2n) is 28.9. The molecule has 0 aromatic carbocycles. The van der Waals surface area contributed by atoms with Crippen molar-refractivity contribution in [1.29, 1.82) is 0 Å². The van der Waals surface area contributed by atoms with Crippen LogP contribution in [0, 0.1) is 5.92 Å². The quantitative estimate of drug-likeness (QED) is 0.0222. The minimum Gasteiger partial charge on any atom is -0.462 e. The SMILES string of the molecule is CCCCCCCCCCCCCCCCCCCCC(=O)O[C@H](COC(=O)CCCCCCCCCCCCCCCCCC)COP(=O)(O)OC[C@@H](O)COP(=O)(O)OC[C@@H](COC(=O)CCCCCCCCC(C)C)OC(=O)CCCCCCCCCCCCCCCCC. The second kappa shape index (κ2) is 72.0. The highest BCUT2D eigenvalue weighted by Crippen LogP contribution is 2.45. The molecular weight excluding hydrogens is 1280 g/mol. The van der Waals surface area contributed by atoms with Gasteiger partial charge in [0.1, 0.15) is 19.3 Å². The molecule has 2 unspecified atom stereocenters. The molecule has 0 amide bonds. The number of aliphatic hydroxyl groups is 1. The molecule has 0 rings (SSSR count). The smallest absolute Gasteiger partial charge is 0.462 e. The van der Waals surface area contributed by atoms with Crippen molar-refractivity contribution >= 4 is 39.5 Å². The molecule has 98 heavy (non-hydrogen) atoms. The highest BCUT2D eigenvalue weighted by Gasteiger charge is 2.30. The largest absolute Gasteiger partial charge is 0.472 e. The van der Waals surface area contributed by atoms with Crippen LogP contribution in [0.15, 0.2) is 0 Å². The molecule has 0 bridgehead atoms. The van der Waals surface area contributed by atoms with Gasteiger partial charge in [-0.2, -0.15) is 0 Å². The molecule has 0 aromatic rings. The van der Waals surface area contributed by atoms with Crippen LogP contribution in [0.2, 0.25) is 0 Å². The fourth-order valence-corrected chi connectivity index (χ4v) is 13.8. The molecule has 0 radical (unpaired) electrons. The minimum absolute atomic E-state index is 0.107. The van der Waals surface area contributed by atoms with Crippen LogP contribution in [0.3, 0.4) is 0 Å². The first-order valence-corrected chi connectivity index (χ1v) is 44.1. The van der Waals surface area contributed by atoms with Crippen LogP contribution >= 0.6 is 15.6 Å². The summed E-state index contributed by atoms with van der Waals surface area (Å²) >= 11 is 0. The lowest BCUT2D eigenvalue weighted by atomic mass is 10.0. The number of unbranched alkanes of at least 4 members (excludes halogenated alkanes) is 51. The molecule has 0 aliphatic rings. The summed E-state index contributed by atoms with van der Waals surface area (Å²) in [5.41, 5.74) is 0. The normalized spacial score (nSPS) is 13.9. The molecular formula is C79H154O17P2. The summed E-state index contributed by atoms with van der Waals surface area (Å²) in [6.45, 7) is 7.24. The molecule has 0 saturated heterocycles. The van der Waals surface area contributed by atoms with Gasteiger partial charge in [0.25, 0.3) is 0 Å². The molecule has 0 aromatic heterocycles. The van der Waals surface area contributed by atoms with Crippen molar-refractivity contribution < 1.29 is 80.2 Å². The molecule has 17 nitrogen and oxygen atoms in total. The van der Waals surface area contributed by atoms with Gasteiger partial charge in [0, 0.05) is 25.7 Å². The fourth-order valence-electron chi connectivity index (χ4n) is 12.2. The maximum absolute atomic E-state index is 13.1. The topological polar surface area (TPSA) is 237 Å². The van der Waals surface area contributed by atoms with Gasteiger partial charge < -0.3 is 33.8 Å². The maximum atomic E-state index is 13.1. The van der Waals surface area contributed by atoms with E-state index in [1.165, 1.54) is 238 Å². The number of hydrogen-bond acceptors (Lipinski definition) is 15. The summed E-state index contributed by atoms with van der Waals surface area (Å²) in [6, 6.07) is 0. The van der Waals surface area contributed by atoms with Gasteiger partial charge >= 0.3 is 39.5 Å². The minimum atomic E-state index is -4.96. The lowest BCUT2D eigenvalue weighted by Crippen LogP contribution is -2.30. The molecule has 0 spiro atoms. The number of esters is 4. The summed E-state index contributed by atoms with van der Waals surface area (Å²) in [4.78, 5) is 72.9. The summed E-state index contributed by atoms with van der Waals surface area (Å²) in [5.74, 6) is -1.43. The van der Waals surface area contributed by atoms with Crippen molar-refractivity contribution in [3.05, 3.63) is 0 Å². The highest BCUT2D eigenvalue weighted by atomic mass is 31.2. The molecule has 5 atom stereocenters. The number of rotatable bonds is 79. The van der Waals surface area contributed by atoms with E-state index >= 15 is 0 Å². The molecule has 0 fully saturated rings. The third-order valence-corrected chi connectivity index (χ3v) is 20.4. The average Bonchev–Trinajstić information content (AvgIpc) is 1.92. The zero-order chi connectivity index (χ0) is 71.9. The van der Waals surface area contributed by atoms with Crippen molar-refractivity contribution in [1.82, 2.24) is 0 Å². The van der Waals surface area contributed by atoms with E-state index in [0.29, 0.717) is 31.6 Å². The maximum Gasteiger partial charge on any atom is 0.472 e. The van der Waals surface area contributed by atoms with E-state index in [2.05, 4.69) is 34.6 Å². The lowest BCUT2D eigenvalue weighted by molar-refractivity contribution is -0.161. The zero-order valence-electron chi connectivity index (χ0n) is 63.9. The van der Waals surface area contributed by atoms with E-state index < -0.39 is 97.5 Å². The van der Waals surface area contributed by atoms with Gasteiger partial charge in [-0.05, 0) is 31.6 Å². The Morgan fingerprint density at radius 1 is 0.276 bits per heavy atom. The number of phosphoric acid groups is 2. The van der Waals surface area contributed by atoms with Gasteiger partial charge in [0.15, 0.2) is 12.2 Å². The first-order valence-electron chi connectivity index (χ1n) is 41.1. The first kappa shape index (κ1) is 96.1. The molecule has 0 saturated carbocycles. The van der Waals surface area contributed by atoms with Crippen molar-refractivity contribution in [3.8, 4) is 0 Å². The van der Waals surface area contributed by atoms with Gasteiger partial charge in [-0.1, -0.05) is 369 Å². The van der Waals surface area contributed by atoms with E-state index in [1.807, 2.05) is 0 Å². The Hall–Kier alpha value is -1.94. The lowest BCUT2D eigenvalue weighted by Gasteiger charge is -2.21. The molecule has 0 aliphatic heterocycles. The van der Waals surface area contributed by atoms with Crippen molar-refractivity contribution in [3.63, 3.8) is 0 Å². The number of hydrogen-bond donors (Lipinski definition) is 3.